The number of pyridine rings is 1. The second-order valence-corrected chi connectivity index (χ2v) is 8.94. The topological polar surface area (TPSA) is 51.1 Å². The molecule has 1 amide bonds. The maximum Gasteiger partial charge on any atom is 0.257 e. The van der Waals surface area contributed by atoms with Crippen LogP contribution in [-0.4, -0.2) is 16.5 Å². The normalized spacial score (nSPS) is 28.4. The highest BCUT2D eigenvalue weighted by atomic mass is 19.1. The molecule has 0 unspecified atom stereocenters. The first-order valence-corrected chi connectivity index (χ1v) is 9.45. The molecule has 1 aromatic carbocycles. The molecule has 2 bridgehead atoms. The van der Waals surface area contributed by atoms with Gasteiger partial charge in [-0.3, -0.25) is 9.59 Å². The average molecular weight is 368 g/mol. The Labute approximate surface area is 158 Å². The minimum atomic E-state index is -0.439. The van der Waals surface area contributed by atoms with Crippen molar-refractivity contribution < 1.29 is 9.18 Å². The molecular weight excluding hydrogens is 343 g/mol. The van der Waals surface area contributed by atoms with Gasteiger partial charge in [0.2, 0.25) is 5.43 Å². The molecule has 1 N–H and O–H groups in total. The predicted octanol–water partition coefficient (Wildman–Crippen LogP) is 4.19. The van der Waals surface area contributed by atoms with Gasteiger partial charge >= 0.3 is 0 Å². The molecule has 142 valence electrons. The van der Waals surface area contributed by atoms with Crippen molar-refractivity contribution in [3.8, 4) is 0 Å². The molecule has 2 aliphatic carbocycles. The van der Waals surface area contributed by atoms with Crippen LogP contribution in [0.25, 0.3) is 17.1 Å². The monoisotopic (exact) mass is 368 g/mol. The van der Waals surface area contributed by atoms with Gasteiger partial charge in [0.05, 0.1) is 5.52 Å². The van der Waals surface area contributed by atoms with Crippen LogP contribution in [0.1, 0.15) is 50.4 Å². The van der Waals surface area contributed by atoms with E-state index < -0.39 is 5.82 Å². The average Bonchev–Trinajstić information content (AvgIpc) is 3.10. The molecule has 4 nitrogen and oxygen atoms in total. The number of benzene rings is 1. The highest BCUT2D eigenvalue weighted by Gasteiger charge is 2.59. The van der Waals surface area contributed by atoms with Gasteiger partial charge in [-0.1, -0.05) is 27.4 Å². The summed E-state index contributed by atoms with van der Waals surface area (Å²) in [6, 6.07) is 3.96. The Bertz CT molecular complexity index is 1020. The number of carbonyl (C=O) groups excluding carboxylic acids is 1. The maximum absolute atomic E-state index is 13.6. The summed E-state index contributed by atoms with van der Waals surface area (Å²) in [6.07, 6.45) is 6.33. The second kappa shape index (κ2) is 5.78. The Kier molecular flexibility index (Phi) is 3.85. The molecule has 3 atom stereocenters. The summed E-state index contributed by atoms with van der Waals surface area (Å²) in [5, 5.41) is 3.47. The molecule has 2 saturated carbocycles. The number of rotatable bonds is 3. The lowest BCUT2D eigenvalue weighted by Gasteiger charge is -2.43. The Morgan fingerprint density at radius 3 is 2.74 bits per heavy atom. The van der Waals surface area contributed by atoms with Crippen LogP contribution in [0.5, 0.6) is 0 Å². The van der Waals surface area contributed by atoms with Gasteiger partial charge in [-0.2, -0.15) is 0 Å². The minimum absolute atomic E-state index is 0.0000935. The third-order valence-electron chi connectivity index (χ3n) is 6.98. The number of amides is 1. The Morgan fingerprint density at radius 1 is 1.37 bits per heavy atom. The zero-order valence-electron chi connectivity index (χ0n) is 16.0. The molecule has 5 heteroatoms. The number of nitrogens with zero attached hydrogens (tertiary/aromatic N) is 1. The molecule has 1 aromatic heterocycles. The number of carbonyl (C=O) groups is 1. The molecule has 0 radical (unpaired) electrons. The smallest absolute Gasteiger partial charge is 0.257 e. The number of aromatic nitrogens is 1. The molecule has 2 aromatic rings. The van der Waals surface area contributed by atoms with E-state index in [4.69, 9.17) is 0 Å². The summed E-state index contributed by atoms with van der Waals surface area (Å²) < 4.78 is 15.1. The predicted molar refractivity (Wildman–Crippen MR) is 105 cm³/mol. The van der Waals surface area contributed by atoms with Crippen LogP contribution in [0, 0.1) is 22.6 Å². The highest BCUT2D eigenvalue weighted by molar-refractivity contribution is 5.98. The minimum Gasteiger partial charge on any atom is -0.348 e. The molecule has 2 aliphatic rings. The summed E-state index contributed by atoms with van der Waals surface area (Å²) >= 11 is 0. The van der Waals surface area contributed by atoms with Gasteiger partial charge in [-0.15, -0.1) is 0 Å². The van der Waals surface area contributed by atoms with Crippen LogP contribution in [0.2, 0.25) is 0 Å². The van der Waals surface area contributed by atoms with E-state index in [2.05, 4.69) is 32.7 Å². The standard InChI is InChI=1S/C22H25FN2O2/c1-5-25-12-16(18(26)15-7-6-14(23)10-17(15)25)19(27)24-20-21(2,3)13-8-9-22(20,4)11-13/h5-7,10,12-13,20H,1,8-9,11H2,2-4H3,(H,24,27)/t13-,20+,22+/m0/s1. The number of halogens is 1. The SMILES string of the molecule is C=Cn1cc(C(=O)N[C@@H]2C(C)(C)[C@H]3CC[C@]2(C)C3)c(=O)c2ccc(F)cc21. The van der Waals surface area contributed by atoms with Gasteiger partial charge in [0, 0.05) is 23.8 Å². The lowest BCUT2D eigenvalue weighted by atomic mass is 9.68. The molecule has 0 spiro atoms. The number of hydrogen-bond donors (Lipinski definition) is 1. The number of nitrogens with one attached hydrogen (secondary N) is 1. The molecule has 4 rings (SSSR count). The van der Waals surface area contributed by atoms with Crippen molar-refractivity contribution >= 4 is 23.0 Å². The van der Waals surface area contributed by atoms with Gasteiger partial charge < -0.3 is 9.88 Å². The van der Waals surface area contributed by atoms with E-state index >= 15 is 0 Å². The van der Waals surface area contributed by atoms with Crippen LogP contribution in [-0.2, 0) is 0 Å². The fraction of sp³-hybridized carbons (Fsp3) is 0.455. The lowest BCUT2D eigenvalue weighted by molar-refractivity contribution is 0.0736. The van der Waals surface area contributed by atoms with E-state index in [9.17, 15) is 14.0 Å². The summed E-state index contributed by atoms with van der Waals surface area (Å²) in [4.78, 5) is 26.0. The zero-order chi connectivity index (χ0) is 19.6. The summed E-state index contributed by atoms with van der Waals surface area (Å²) in [6.45, 7) is 10.4. The fourth-order valence-corrected chi connectivity index (χ4v) is 5.51. The van der Waals surface area contributed by atoms with Crippen LogP contribution in [0.3, 0.4) is 0 Å². The third kappa shape index (κ3) is 2.55. The van der Waals surface area contributed by atoms with Crippen molar-refractivity contribution in [3.63, 3.8) is 0 Å². The summed E-state index contributed by atoms with van der Waals surface area (Å²) in [5.41, 5.74) is 0.156. The van der Waals surface area contributed by atoms with Crippen LogP contribution < -0.4 is 10.7 Å². The Morgan fingerprint density at radius 2 is 2.11 bits per heavy atom. The fourth-order valence-electron chi connectivity index (χ4n) is 5.51. The van der Waals surface area contributed by atoms with E-state index in [1.807, 2.05) is 0 Å². The lowest BCUT2D eigenvalue weighted by Crippen LogP contribution is -2.53. The Hall–Kier alpha value is -2.43. The van der Waals surface area contributed by atoms with Crippen molar-refractivity contribution in [3.05, 3.63) is 52.6 Å². The third-order valence-corrected chi connectivity index (χ3v) is 6.98. The van der Waals surface area contributed by atoms with Crippen molar-refractivity contribution in [2.75, 3.05) is 0 Å². The molecule has 2 fully saturated rings. The number of hydrogen-bond acceptors (Lipinski definition) is 2. The van der Waals surface area contributed by atoms with Gasteiger partial charge in [-0.05, 0) is 54.2 Å². The Balaban J connectivity index is 1.76. The van der Waals surface area contributed by atoms with Crippen molar-refractivity contribution in [1.29, 1.82) is 0 Å². The van der Waals surface area contributed by atoms with Crippen molar-refractivity contribution in [1.82, 2.24) is 9.88 Å². The van der Waals surface area contributed by atoms with Gasteiger partial charge in [0.25, 0.3) is 5.91 Å². The van der Waals surface area contributed by atoms with Crippen LogP contribution in [0.15, 0.2) is 35.8 Å². The maximum atomic E-state index is 13.6. The summed E-state index contributed by atoms with van der Waals surface area (Å²) in [5.74, 6) is -0.211. The van der Waals surface area contributed by atoms with Crippen LogP contribution in [0.4, 0.5) is 4.39 Å². The molecule has 1 heterocycles. The second-order valence-electron chi connectivity index (χ2n) is 8.94. The molecule has 27 heavy (non-hydrogen) atoms. The van der Waals surface area contributed by atoms with E-state index in [0.29, 0.717) is 16.8 Å². The van der Waals surface area contributed by atoms with Crippen molar-refractivity contribution in [2.45, 2.75) is 46.1 Å². The quantitative estimate of drug-likeness (QED) is 0.883. The molecular formula is C22H25FN2O2. The first-order valence-electron chi connectivity index (χ1n) is 9.45. The zero-order valence-corrected chi connectivity index (χ0v) is 16.0. The van der Waals surface area contributed by atoms with Crippen molar-refractivity contribution in [2.24, 2.45) is 16.7 Å². The van der Waals surface area contributed by atoms with Gasteiger partial charge in [0.15, 0.2) is 0 Å². The highest BCUT2D eigenvalue weighted by Crippen LogP contribution is 2.62. The first kappa shape index (κ1) is 18.0. The van der Waals surface area contributed by atoms with Gasteiger partial charge in [-0.25, -0.2) is 4.39 Å². The molecule has 0 aliphatic heterocycles. The van der Waals surface area contributed by atoms with E-state index in [1.165, 1.54) is 41.6 Å². The van der Waals surface area contributed by atoms with E-state index in [0.717, 1.165) is 12.8 Å². The van der Waals surface area contributed by atoms with Crippen LogP contribution >= 0.6 is 0 Å². The van der Waals surface area contributed by atoms with Gasteiger partial charge in [0.1, 0.15) is 11.4 Å². The largest absolute Gasteiger partial charge is 0.348 e. The van der Waals surface area contributed by atoms with E-state index in [-0.39, 0.29) is 33.8 Å². The first-order chi connectivity index (χ1) is 12.7. The number of fused-ring (bicyclic) bond motifs is 3. The summed E-state index contributed by atoms with van der Waals surface area (Å²) in [7, 11) is 0. The van der Waals surface area contributed by atoms with E-state index in [1.54, 1.807) is 0 Å². The molecule has 0 saturated heterocycles.